The summed E-state index contributed by atoms with van der Waals surface area (Å²) in [6.07, 6.45) is 0. The number of halogens is 2. The third kappa shape index (κ3) is 3.65. The van der Waals surface area contributed by atoms with Gasteiger partial charge in [0, 0.05) is 22.2 Å². The summed E-state index contributed by atoms with van der Waals surface area (Å²) in [5.74, 6) is 1.27. The summed E-state index contributed by atoms with van der Waals surface area (Å²) < 4.78 is 11.6. The number of benzene rings is 2. The standard InChI is InChI=1S/C14H11BrClNO4/c1-20-11-3-4-12(17(18)19)14(7-11)21-13-5-2-10(15)6-9(13)8-16/h2-7H,8H2,1H3. The van der Waals surface area contributed by atoms with Crippen LogP contribution in [0.15, 0.2) is 40.9 Å². The molecule has 0 aliphatic heterocycles. The van der Waals surface area contributed by atoms with Crippen molar-refractivity contribution in [2.45, 2.75) is 5.88 Å². The predicted octanol–water partition coefficient (Wildman–Crippen LogP) is 4.90. The van der Waals surface area contributed by atoms with E-state index in [2.05, 4.69) is 15.9 Å². The number of alkyl halides is 1. The molecule has 0 saturated carbocycles. The minimum atomic E-state index is -0.506. The highest BCUT2D eigenvalue weighted by Crippen LogP contribution is 2.36. The van der Waals surface area contributed by atoms with E-state index in [4.69, 9.17) is 21.1 Å². The second-order valence-electron chi connectivity index (χ2n) is 4.08. The molecular formula is C14H11BrClNO4. The van der Waals surface area contributed by atoms with Crippen LogP contribution in [-0.4, -0.2) is 12.0 Å². The molecule has 110 valence electrons. The summed E-state index contributed by atoms with van der Waals surface area (Å²) in [6, 6.07) is 9.59. The highest BCUT2D eigenvalue weighted by atomic mass is 79.9. The van der Waals surface area contributed by atoms with E-state index >= 15 is 0 Å². The number of ether oxygens (including phenoxy) is 2. The maximum absolute atomic E-state index is 11.1. The Morgan fingerprint density at radius 3 is 2.62 bits per heavy atom. The maximum Gasteiger partial charge on any atom is 0.311 e. The fourth-order valence-corrected chi connectivity index (χ4v) is 2.34. The number of hydrogen-bond acceptors (Lipinski definition) is 4. The van der Waals surface area contributed by atoms with Crippen molar-refractivity contribution in [2.24, 2.45) is 0 Å². The molecule has 0 aliphatic carbocycles. The van der Waals surface area contributed by atoms with Crippen LogP contribution in [0.25, 0.3) is 0 Å². The van der Waals surface area contributed by atoms with E-state index in [1.54, 1.807) is 18.2 Å². The molecule has 7 heteroatoms. The average Bonchev–Trinajstić information content (AvgIpc) is 2.48. The van der Waals surface area contributed by atoms with E-state index in [9.17, 15) is 10.1 Å². The first-order valence-corrected chi connectivity index (χ1v) is 7.22. The van der Waals surface area contributed by atoms with Crippen LogP contribution in [0.1, 0.15) is 5.56 Å². The molecule has 2 aromatic rings. The van der Waals surface area contributed by atoms with Crippen molar-refractivity contribution in [1.82, 2.24) is 0 Å². The largest absolute Gasteiger partial charge is 0.497 e. The molecule has 0 atom stereocenters. The van der Waals surface area contributed by atoms with Gasteiger partial charge in [-0.2, -0.15) is 0 Å². The molecule has 0 bridgehead atoms. The zero-order valence-corrected chi connectivity index (χ0v) is 13.3. The lowest BCUT2D eigenvalue weighted by atomic mass is 10.2. The Kier molecular flexibility index (Phi) is 5.03. The van der Waals surface area contributed by atoms with Gasteiger partial charge in [-0.05, 0) is 24.3 Å². The monoisotopic (exact) mass is 371 g/mol. The molecule has 0 aliphatic rings. The fourth-order valence-electron chi connectivity index (χ4n) is 1.72. The van der Waals surface area contributed by atoms with Crippen molar-refractivity contribution < 1.29 is 14.4 Å². The van der Waals surface area contributed by atoms with Crippen molar-refractivity contribution in [2.75, 3.05) is 7.11 Å². The Balaban J connectivity index is 2.45. The molecule has 21 heavy (non-hydrogen) atoms. The van der Waals surface area contributed by atoms with Gasteiger partial charge in [0.1, 0.15) is 11.5 Å². The number of methoxy groups -OCH3 is 1. The zero-order chi connectivity index (χ0) is 15.4. The number of hydrogen-bond donors (Lipinski definition) is 0. The van der Waals surface area contributed by atoms with Crippen molar-refractivity contribution in [3.63, 3.8) is 0 Å². The maximum atomic E-state index is 11.1. The highest BCUT2D eigenvalue weighted by Gasteiger charge is 2.18. The smallest absolute Gasteiger partial charge is 0.311 e. The molecule has 0 unspecified atom stereocenters. The molecule has 2 rings (SSSR count). The molecule has 5 nitrogen and oxygen atoms in total. The molecule has 0 spiro atoms. The van der Waals surface area contributed by atoms with Gasteiger partial charge in [-0.1, -0.05) is 15.9 Å². The van der Waals surface area contributed by atoms with Gasteiger partial charge in [0.15, 0.2) is 0 Å². The zero-order valence-electron chi connectivity index (χ0n) is 11.0. The average molecular weight is 373 g/mol. The van der Waals surface area contributed by atoms with Gasteiger partial charge in [-0.25, -0.2) is 0 Å². The van der Waals surface area contributed by atoms with Crippen molar-refractivity contribution in [1.29, 1.82) is 0 Å². The van der Waals surface area contributed by atoms with Crippen LogP contribution < -0.4 is 9.47 Å². The summed E-state index contributed by atoms with van der Waals surface area (Å²) >= 11 is 9.21. The molecular weight excluding hydrogens is 362 g/mol. The molecule has 0 saturated heterocycles. The van der Waals surface area contributed by atoms with Crippen molar-refractivity contribution >= 4 is 33.2 Å². The van der Waals surface area contributed by atoms with Gasteiger partial charge in [-0.3, -0.25) is 10.1 Å². The van der Waals surface area contributed by atoms with Gasteiger partial charge >= 0.3 is 5.69 Å². The normalized spacial score (nSPS) is 10.2. The summed E-state index contributed by atoms with van der Waals surface area (Å²) in [6.45, 7) is 0. The van der Waals surface area contributed by atoms with E-state index in [0.717, 1.165) is 10.0 Å². The van der Waals surface area contributed by atoms with E-state index in [1.165, 1.54) is 25.3 Å². The van der Waals surface area contributed by atoms with Gasteiger partial charge in [0.25, 0.3) is 0 Å². The topological polar surface area (TPSA) is 61.6 Å². The molecule has 0 fully saturated rings. The van der Waals surface area contributed by atoms with Crippen LogP contribution in [0, 0.1) is 10.1 Å². The molecule has 0 radical (unpaired) electrons. The van der Waals surface area contributed by atoms with Gasteiger partial charge in [0.2, 0.25) is 5.75 Å². The second kappa shape index (κ2) is 6.78. The van der Waals surface area contributed by atoms with E-state index < -0.39 is 4.92 Å². The molecule has 2 aromatic carbocycles. The van der Waals surface area contributed by atoms with Crippen LogP contribution in [-0.2, 0) is 5.88 Å². The van der Waals surface area contributed by atoms with Crippen molar-refractivity contribution in [3.05, 3.63) is 56.5 Å². The second-order valence-corrected chi connectivity index (χ2v) is 5.26. The Morgan fingerprint density at radius 2 is 2.00 bits per heavy atom. The van der Waals surface area contributed by atoms with Crippen LogP contribution in [0.3, 0.4) is 0 Å². The Labute approximate surface area is 134 Å². The van der Waals surface area contributed by atoms with E-state index in [-0.39, 0.29) is 17.3 Å². The van der Waals surface area contributed by atoms with Crippen LogP contribution in [0.2, 0.25) is 0 Å². The SMILES string of the molecule is COc1ccc([N+](=O)[O-])c(Oc2ccc(Br)cc2CCl)c1. The van der Waals surface area contributed by atoms with Gasteiger partial charge < -0.3 is 9.47 Å². The lowest BCUT2D eigenvalue weighted by Gasteiger charge is -2.11. The van der Waals surface area contributed by atoms with E-state index in [0.29, 0.717) is 11.5 Å². The third-order valence-electron chi connectivity index (χ3n) is 2.75. The molecule has 0 amide bonds. The minimum absolute atomic E-state index is 0.105. The summed E-state index contributed by atoms with van der Waals surface area (Å²) in [5, 5.41) is 11.1. The van der Waals surface area contributed by atoms with Crippen LogP contribution in [0.4, 0.5) is 5.69 Å². The molecule has 0 N–H and O–H groups in total. The Bertz CT molecular complexity index is 678. The highest BCUT2D eigenvalue weighted by molar-refractivity contribution is 9.10. The first-order chi connectivity index (χ1) is 10.0. The first-order valence-electron chi connectivity index (χ1n) is 5.90. The fraction of sp³-hybridized carbons (Fsp3) is 0.143. The Morgan fingerprint density at radius 1 is 1.24 bits per heavy atom. The number of nitro benzene ring substituents is 1. The van der Waals surface area contributed by atoms with Crippen LogP contribution >= 0.6 is 27.5 Å². The summed E-state index contributed by atoms with van der Waals surface area (Å²) in [5.41, 5.74) is 0.586. The third-order valence-corrected chi connectivity index (χ3v) is 3.53. The lowest BCUT2D eigenvalue weighted by Crippen LogP contribution is -1.96. The number of nitrogens with zero attached hydrogens (tertiary/aromatic N) is 1. The van der Waals surface area contributed by atoms with Crippen molar-refractivity contribution in [3.8, 4) is 17.2 Å². The Hall–Kier alpha value is -1.79. The quantitative estimate of drug-likeness (QED) is 0.425. The molecule has 0 aromatic heterocycles. The van der Waals surface area contributed by atoms with Crippen LogP contribution in [0.5, 0.6) is 17.2 Å². The minimum Gasteiger partial charge on any atom is -0.497 e. The first kappa shape index (κ1) is 15.6. The molecule has 0 heterocycles. The summed E-state index contributed by atoms with van der Waals surface area (Å²) in [7, 11) is 1.48. The predicted molar refractivity (Wildman–Crippen MR) is 83.4 cm³/mol. The summed E-state index contributed by atoms with van der Waals surface area (Å²) in [4.78, 5) is 10.6. The van der Waals surface area contributed by atoms with E-state index in [1.807, 2.05) is 0 Å². The van der Waals surface area contributed by atoms with Gasteiger partial charge in [-0.15, -0.1) is 11.6 Å². The number of nitro groups is 1. The lowest BCUT2D eigenvalue weighted by molar-refractivity contribution is -0.385. The van der Waals surface area contributed by atoms with Gasteiger partial charge in [0.05, 0.1) is 17.9 Å². The number of rotatable bonds is 5.